The highest BCUT2D eigenvalue weighted by atomic mass is 13.9. The van der Waals surface area contributed by atoms with Crippen LogP contribution in [-0.4, -0.2) is 0 Å². The predicted molar refractivity (Wildman–Crippen MR) is 43.2 cm³/mol. The molecule has 0 amide bonds. The molecule has 0 spiro atoms. The van der Waals surface area contributed by atoms with Crippen molar-refractivity contribution >= 4 is 0 Å². The first-order valence-electron chi connectivity index (χ1n) is 3.81. The van der Waals surface area contributed by atoms with Gasteiger partial charge in [0.25, 0.3) is 0 Å². The summed E-state index contributed by atoms with van der Waals surface area (Å²) < 4.78 is 0. The second kappa shape index (κ2) is 5.87. The van der Waals surface area contributed by atoms with Crippen molar-refractivity contribution in [1.82, 2.24) is 0 Å². The normalized spacial score (nSPS) is 14.6. The molecule has 0 saturated heterocycles. The van der Waals surface area contributed by atoms with Gasteiger partial charge >= 0.3 is 0 Å². The van der Waals surface area contributed by atoms with Crippen LogP contribution in [0.4, 0.5) is 0 Å². The molecule has 0 heteroatoms. The van der Waals surface area contributed by atoms with Crippen LogP contribution >= 0.6 is 0 Å². The van der Waals surface area contributed by atoms with Gasteiger partial charge in [0.05, 0.1) is 0 Å². The molecule has 0 rings (SSSR count). The van der Waals surface area contributed by atoms with E-state index in [1.807, 2.05) is 0 Å². The van der Waals surface area contributed by atoms with Gasteiger partial charge in [0.2, 0.25) is 0 Å². The van der Waals surface area contributed by atoms with E-state index in [9.17, 15) is 0 Å². The molecule has 1 radical (unpaired) electrons. The van der Waals surface area contributed by atoms with Crippen LogP contribution in [0.25, 0.3) is 0 Å². The molecular weight excluding hydrogens is 108 g/mol. The fraction of sp³-hybridized carbons (Fsp3) is 0.667. The van der Waals surface area contributed by atoms with Gasteiger partial charge in [0.15, 0.2) is 0 Å². The van der Waals surface area contributed by atoms with E-state index >= 15 is 0 Å². The first-order valence-corrected chi connectivity index (χ1v) is 3.81. The van der Waals surface area contributed by atoms with E-state index in [0.29, 0.717) is 5.92 Å². The molecule has 0 fully saturated rings. The summed E-state index contributed by atoms with van der Waals surface area (Å²) in [5.41, 5.74) is 0. The standard InChI is InChI=1S/C9H17/c1-4-6-7-8-9(3)5-2/h7-9H,3-6H2,1-2H3. The maximum Gasteiger partial charge on any atom is -0.0236 e. The Morgan fingerprint density at radius 3 is 2.56 bits per heavy atom. The lowest BCUT2D eigenvalue weighted by Gasteiger charge is -1.97. The lowest BCUT2D eigenvalue weighted by molar-refractivity contribution is 0.763. The molecule has 1 unspecified atom stereocenters. The molecule has 0 aromatic rings. The Balaban J connectivity index is 3.20. The van der Waals surface area contributed by atoms with Crippen molar-refractivity contribution < 1.29 is 0 Å². The van der Waals surface area contributed by atoms with Gasteiger partial charge in [-0.1, -0.05) is 32.4 Å². The second-order valence-electron chi connectivity index (χ2n) is 2.39. The molecule has 0 aromatic carbocycles. The van der Waals surface area contributed by atoms with Crippen LogP contribution in [-0.2, 0) is 0 Å². The number of rotatable bonds is 4. The molecule has 53 valence electrons. The molecule has 9 heavy (non-hydrogen) atoms. The lowest BCUT2D eigenvalue weighted by atomic mass is 10.1. The van der Waals surface area contributed by atoms with Gasteiger partial charge in [-0.2, -0.15) is 0 Å². The summed E-state index contributed by atoms with van der Waals surface area (Å²) in [5.74, 6) is 0.525. The minimum atomic E-state index is 0.525. The largest absolute Gasteiger partial charge is 0.0883 e. The van der Waals surface area contributed by atoms with Gasteiger partial charge in [-0.25, -0.2) is 0 Å². The van der Waals surface area contributed by atoms with E-state index in [-0.39, 0.29) is 0 Å². The molecule has 0 bridgehead atoms. The summed E-state index contributed by atoms with van der Waals surface area (Å²) >= 11 is 0. The molecule has 0 aromatic heterocycles. The molecule has 0 saturated carbocycles. The van der Waals surface area contributed by atoms with Crippen molar-refractivity contribution in [3.05, 3.63) is 19.1 Å². The van der Waals surface area contributed by atoms with Gasteiger partial charge < -0.3 is 0 Å². The van der Waals surface area contributed by atoms with Crippen molar-refractivity contribution in [1.29, 1.82) is 0 Å². The Bertz CT molecular complexity index is 72.1. The number of unbranched alkanes of at least 4 members (excludes halogenated alkanes) is 1. The molecule has 0 aliphatic carbocycles. The van der Waals surface area contributed by atoms with Crippen LogP contribution in [0, 0.1) is 12.8 Å². The molecular formula is C9H17. The Kier molecular flexibility index (Phi) is 5.70. The van der Waals surface area contributed by atoms with Crippen molar-refractivity contribution in [2.45, 2.75) is 33.1 Å². The van der Waals surface area contributed by atoms with Gasteiger partial charge in [-0.05, 0) is 25.7 Å². The molecule has 1 atom stereocenters. The zero-order valence-corrected chi connectivity index (χ0v) is 6.56. The smallest absolute Gasteiger partial charge is 0.0236 e. The summed E-state index contributed by atoms with van der Waals surface area (Å²) in [6.07, 6.45) is 8.02. The van der Waals surface area contributed by atoms with E-state index < -0.39 is 0 Å². The highest BCUT2D eigenvalue weighted by molar-refractivity contribution is 4.88. The van der Waals surface area contributed by atoms with Crippen molar-refractivity contribution in [2.24, 2.45) is 5.92 Å². The van der Waals surface area contributed by atoms with Crippen molar-refractivity contribution in [3.8, 4) is 0 Å². The summed E-state index contributed by atoms with van der Waals surface area (Å²) in [5, 5.41) is 0. The first-order chi connectivity index (χ1) is 4.31. The summed E-state index contributed by atoms with van der Waals surface area (Å²) in [6.45, 7) is 8.29. The monoisotopic (exact) mass is 125 g/mol. The number of allylic oxidation sites excluding steroid dienone is 2. The zero-order chi connectivity index (χ0) is 7.11. The SMILES string of the molecule is [CH2]C(C=CCCC)CC. The van der Waals surface area contributed by atoms with Crippen LogP contribution in [0.1, 0.15) is 33.1 Å². The quantitative estimate of drug-likeness (QED) is 0.506. The van der Waals surface area contributed by atoms with Crippen molar-refractivity contribution in [3.63, 3.8) is 0 Å². The Labute approximate surface area is 59.0 Å². The summed E-state index contributed by atoms with van der Waals surface area (Å²) in [7, 11) is 0. The van der Waals surface area contributed by atoms with Crippen LogP contribution in [0.15, 0.2) is 12.2 Å². The van der Waals surface area contributed by atoms with E-state index in [4.69, 9.17) is 0 Å². The highest BCUT2D eigenvalue weighted by Gasteiger charge is 1.88. The van der Waals surface area contributed by atoms with Crippen LogP contribution < -0.4 is 0 Å². The molecule has 0 nitrogen and oxygen atoms in total. The fourth-order valence-corrected chi connectivity index (χ4v) is 0.591. The molecule has 0 N–H and O–H groups in total. The zero-order valence-electron chi connectivity index (χ0n) is 6.56. The third-order valence-corrected chi connectivity index (χ3v) is 1.39. The van der Waals surface area contributed by atoms with Crippen LogP contribution in [0.5, 0.6) is 0 Å². The molecule has 0 aliphatic heterocycles. The maximum absolute atomic E-state index is 3.94. The van der Waals surface area contributed by atoms with Crippen LogP contribution in [0.3, 0.4) is 0 Å². The molecule has 0 aliphatic rings. The van der Waals surface area contributed by atoms with E-state index in [1.165, 1.54) is 12.8 Å². The summed E-state index contributed by atoms with van der Waals surface area (Å²) in [6, 6.07) is 0. The van der Waals surface area contributed by atoms with Gasteiger partial charge in [-0.15, -0.1) is 0 Å². The predicted octanol–water partition coefficient (Wildman–Crippen LogP) is 3.20. The summed E-state index contributed by atoms with van der Waals surface area (Å²) in [4.78, 5) is 0. The van der Waals surface area contributed by atoms with Gasteiger partial charge in [0.1, 0.15) is 0 Å². The van der Waals surface area contributed by atoms with E-state index in [1.54, 1.807) is 0 Å². The Morgan fingerprint density at radius 1 is 1.44 bits per heavy atom. The molecule has 0 heterocycles. The average molecular weight is 125 g/mol. The average Bonchev–Trinajstić information content (AvgIpc) is 1.89. The topological polar surface area (TPSA) is 0 Å². The minimum Gasteiger partial charge on any atom is -0.0883 e. The third-order valence-electron chi connectivity index (χ3n) is 1.39. The Hall–Kier alpha value is -0.260. The van der Waals surface area contributed by atoms with Gasteiger partial charge in [-0.3, -0.25) is 0 Å². The van der Waals surface area contributed by atoms with Gasteiger partial charge in [0, 0.05) is 0 Å². The van der Waals surface area contributed by atoms with Crippen molar-refractivity contribution in [2.75, 3.05) is 0 Å². The lowest BCUT2D eigenvalue weighted by Crippen LogP contribution is -1.83. The minimum absolute atomic E-state index is 0.525. The van der Waals surface area contributed by atoms with E-state index in [2.05, 4.69) is 32.9 Å². The second-order valence-corrected chi connectivity index (χ2v) is 2.39. The Morgan fingerprint density at radius 2 is 2.11 bits per heavy atom. The third kappa shape index (κ3) is 5.61. The van der Waals surface area contributed by atoms with E-state index in [0.717, 1.165) is 6.42 Å². The highest BCUT2D eigenvalue weighted by Crippen LogP contribution is 2.02. The number of hydrogen-bond donors (Lipinski definition) is 0. The number of hydrogen-bond acceptors (Lipinski definition) is 0. The fourth-order valence-electron chi connectivity index (χ4n) is 0.591. The first kappa shape index (κ1) is 8.74. The maximum atomic E-state index is 3.94. The van der Waals surface area contributed by atoms with Crippen LogP contribution in [0.2, 0.25) is 0 Å².